The first-order chi connectivity index (χ1) is 13.5. The summed E-state index contributed by atoms with van der Waals surface area (Å²) >= 11 is 0. The van der Waals surface area contributed by atoms with E-state index in [0.29, 0.717) is 0 Å². The van der Waals surface area contributed by atoms with Crippen molar-refractivity contribution in [2.75, 3.05) is 0 Å². The van der Waals surface area contributed by atoms with Crippen LogP contribution >= 0.6 is 0 Å². The molecule has 0 heterocycles. The van der Waals surface area contributed by atoms with Crippen molar-refractivity contribution in [1.82, 2.24) is 0 Å². The van der Waals surface area contributed by atoms with Crippen LogP contribution in [0.2, 0.25) is 0 Å². The van der Waals surface area contributed by atoms with E-state index >= 15 is 0 Å². The normalized spacial score (nSPS) is 10.7. The van der Waals surface area contributed by atoms with Gasteiger partial charge in [-0.15, -0.1) is 68.1 Å². The van der Waals surface area contributed by atoms with Crippen molar-refractivity contribution >= 4 is 21.5 Å². The maximum absolute atomic E-state index is 2.31. The summed E-state index contributed by atoms with van der Waals surface area (Å²) in [6.45, 7) is 13.3. The molecule has 0 nitrogen and oxygen atoms in total. The predicted molar refractivity (Wildman–Crippen MR) is 126 cm³/mol. The molecule has 4 aromatic rings. The molecule has 0 spiro atoms. The molecule has 152 valence electrons. The van der Waals surface area contributed by atoms with E-state index < -0.39 is 0 Å². The Kier molecular flexibility index (Phi) is 8.64. The van der Waals surface area contributed by atoms with Crippen molar-refractivity contribution in [2.24, 2.45) is 0 Å². The summed E-state index contributed by atoms with van der Waals surface area (Å²) in [6, 6.07) is 18.4. The van der Waals surface area contributed by atoms with Gasteiger partial charge in [-0.05, 0) is 12.8 Å². The van der Waals surface area contributed by atoms with E-state index in [4.69, 9.17) is 0 Å². The van der Waals surface area contributed by atoms with E-state index in [0.717, 1.165) is 25.7 Å². The Morgan fingerprint density at radius 2 is 0.862 bits per heavy atom. The third kappa shape index (κ3) is 5.00. The zero-order valence-corrected chi connectivity index (χ0v) is 22.5. The number of rotatable bonds is 4. The van der Waals surface area contributed by atoms with Crippen molar-refractivity contribution in [3.05, 3.63) is 81.9 Å². The van der Waals surface area contributed by atoms with Gasteiger partial charge >= 0.3 is 0 Å². The van der Waals surface area contributed by atoms with Crippen molar-refractivity contribution in [3.8, 4) is 0 Å². The molecule has 0 N–H and O–H groups in total. The van der Waals surface area contributed by atoms with Crippen LogP contribution in [0.1, 0.15) is 61.1 Å². The first-order valence-electron chi connectivity index (χ1n) is 10.9. The third-order valence-electron chi connectivity index (χ3n) is 5.95. The number of hydrogen-bond donors (Lipinski definition) is 0. The van der Waals surface area contributed by atoms with Gasteiger partial charge in [-0.3, -0.25) is 0 Å². The summed E-state index contributed by atoms with van der Waals surface area (Å²) in [5.41, 5.74) is 8.68. The van der Waals surface area contributed by atoms with Gasteiger partial charge in [-0.2, -0.15) is 12.1 Å². The molecule has 4 rings (SSSR count). The molecule has 0 aliphatic carbocycles. The van der Waals surface area contributed by atoms with E-state index in [9.17, 15) is 0 Å². The first-order valence-corrected chi connectivity index (χ1v) is 10.9. The van der Waals surface area contributed by atoms with Crippen LogP contribution in [0.3, 0.4) is 0 Å². The van der Waals surface area contributed by atoms with E-state index in [1.165, 1.54) is 54.9 Å². The Hall–Kier alpha value is -1.47. The Bertz CT molecular complexity index is 905. The van der Waals surface area contributed by atoms with Crippen molar-refractivity contribution in [2.45, 2.75) is 67.2 Å². The van der Waals surface area contributed by atoms with Crippen LogP contribution in [0.4, 0.5) is 0 Å². The molecule has 29 heavy (non-hydrogen) atoms. The van der Waals surface area contributed by atoms with Gasteiger partial charge in [0.1, 0.15) is 0 Å². The molecular weight excluding hydrogens is 515 g/mol. The molecule has 0 unspecified atom stereocenters. The summed E-state index contributed by atoms with van der Waals surface area (Å²) in [6.07, 6.45) is 4.52. The molecule has 0 saturated carbocycles. The monoisotopic (exact) mass is 550 g/mol. The zero-order valence-electron chi connectivity index (χ0n) is 18.9. The van der Waals surface area contributed by atoms with Gasteiger partial charge in [0.25, 0.3) is 0 Å². The van der Waals surface area contributed by atoms with Crippen LogP contribution in [0.5, 0.6) is 0 Å². The van der Waals surface area contributed by atoms with Crippen LogP contribution in [0.15, 0.2) is 48.5 Å². The average molecular weight is 549 g/mol. The number of aryl methyl sites for hydroxylation is 6. The smallest absolute Gasteiger partial charge is 0 e. The standard InChI is InChI=1S/2C14H17.Hf/c2*1-4-11-6-7-12(5-2)14-9-10(3)8-13(11)14;/h2*6-9H,4-5H2,1-3H3;/q2*-1;. The fourth-order valence-electron chi connectivity index (χ4n) is 4.36. The summed E-state index contributed by atoms with van der Waals surface area (Å²) in [4.78, 5) is 0. The van der Waals surface area contributed by atoms with Gasteiger partial charge in [0.05, 0.1) is 0 Å². The largest absolute Gasteiger partial charge is 0.165 e. The molecule has 0 fully saturated rings. The van der Waals surface area contributed by atoms with E-state index in [1.807, 2.05) is 0 Å². The summed E-state index contributed by atoms with van der Waals surface area (Å²) in [7, 11) is 0. The second-order valence-electron chi connectivity index (χ2n) is 7.90. The van der Waals surface area contributed by atoms with Gasteiger partial charge in [-0.1, -0.05) is 77.6 Å². The summed E-state index contributed by atoms with van der Waals surface area (Å²) in [5, 5.41) is 5.85. The Balaban J connectivity index is 0.000000200. The maximum Gasteiger partial charge on any atom is 0 e. The third-order valence-corrected chi connectivity index (χ3v) is 5.95. The SMILES string of the molecule is CCc1ccc(CC)c2[cH-]c(C)cc12.CCc1ccc(CC)c2[cH-]c(C)cc12.[Hf]. The number of benzene rings is 2. The van der Waals surface area contributed by atoms with E-state index in [-0.39, 0.29) is 25.8 Å². The minimum Gasteiger partial charge on any atom is -0.165 e. The Morgan fingerprint density at radius 1 is 0.552 bits per heavy atom. The van der Waals surface area contributed by atoms with Crippen molar-refractivity contribution in [1.29, 1.82) is 0 Å². The van der Waals surface area contributed by atoms with Crippen LogP contribution in [-0.2, 0) is 51.5 Å². The Morgan fingerprint density at radius 3 is 1.17 bits per heavy atom. The van der Waals surface area contributed by atoms with E-state index in [1.54, 1.807) is 0 Å². The minimum absolute atomic E-state index is 0. The summed E-state index contributed by atoms with van der Waals surface area (Å²) < 4.78 is 0. The van der Waals surface area contributed by atoms with Crippen LogP contribution in [-0.4, -0.2) is 0 Å². The average Bonchev–Trinajstić information content (AvgIpc) is 3.28. The molecule has 0 aliphatic rings. The topological polar surface area (TPSA) is 0 Å². The van der Waals surface area contributed by atoms with Crippen LogP contribution in [0, 0.1) is 13.8 Å². The van der Waals surface area contributed by atoms with E-state index in [2.05, 4.69) is 90.1 Å². The fraction of sp³-hybridized carbons (Fsp3) is 0.357. The molecule has 0 aromatic heterocycles. The fourth-order valence-corrected chi connectivity index (χ4v) is 4.36. The number of fused-ring (bicyclic) bond motifs is 2. The molecule has 0 aliphatic heterocycles. The molecule has 1 heteroatoms. The molecule has 0 atom stereocenters. The second-order valence-corrected chi connectivity index (χ2v) is 7.90. The van der Waals surface area contributed by atoms with Crippen LogP contribution in [0.25, 0.3) is 21.5 Å². The molecule has 0 saturated heterocycles. The van der Waals surface area contributed by atoms with Gasteiger partial charge in [-0.25, -0.2) is 0 Å². The molecule has 0 radical (unpaired) electrons. The quantitative estimate of drug-likeness (QED) is 0.179. The molecule has 0 bridgehead atoms. The van der Waals surface area contributed by atoms with Gasteiger partial charge < -0.3 is 0 Å². The molecule has 0 amide bonds. The maximum atomic E-state index is 2.31. The number of hydrogen-bond acceptors (Lipinski definition) is 0. The van der Waals surface area contributed by atoms with Crippen molar-refractivity contribution in [3.63, 3.8) is 0 Å². The van der Waals surface area contributed by atoms with Crippen LogP contribution < -0.4 is 0 Å². The van der Waals surface area contributed by atoms with Gasteiger partial charge in [0.2, 0.25) is 0 Å². The van der Waals surface area contributed by atoms with Crippen molar-refractivity contribution < 1.29 is 25.8 Å². The molecular formula is C28H34Hf-2. The first kappa shape index (κ1) is 23.8. The predicted octanol–water partition coefficient (Wildman–Crippen LogP) is 7.98. The zero-order chi connectivity index (χ0) is 20.3. The Labute approximate surface area is 195 Å². The summed E-state index contributed by atoms with van der Waals surface area (Å²) in [5.74, 6) is 0. The van der Waals surface area contributed by atoms with Gasteiger partial charge in [0.15, 0.2) is 0 Å². The molecule has 4 aromatic carbocycles. The van der Waals surface area contributed by atoms with Gasteiger partial charge in [0, 0.05) is 25.8 Å². The second kappa shape index (κ2) is 10.5. The minimum atomic E-state index is 0.